The quantitative estimate of drug-likeness (QED) is 0.741. The second-order valence-corrected chi connectivity index (χ2v) is 4.96. The lowest BCUT2D eigenvalue weighted by Crippen LogP contribution is -2.01. The first-order valence-electron chi connectivity index (χ1n) is 6.81. The summed E-state index contributed by atoms with van der Waals surface area (Å²) in [4.78, 5) is 4.40. The van der Waals surface area contributed by atoms with Crippen LogP contribution < -0.4 is 5.73 Å². The highest BCUT2D eigenvalue weighted by Crippen LogP contribution is 2.28. The first-order valence-corrected chi connectivity index (χ1v) is 6.81. The molecule has 0 atom stereocenters. The van der Waals surface area contributed by atoms with E-state index in [9.17, 15) is 8.78 Å². The zero-order valence-electron chi connectivity index (χ0n) is 11.6. The van der Waals surface area contributed by atoms with Crippen LogP contribution in [0.4, 0.5) is 14.5 Å². The SMILES string of the molecule is CCCn1c(-c2ccc(N)cc2F)nc2cc(F)ccc21. The number of nitrogens with zero attached hydrogens (tertiary/aromatic N) is 2. The van der Waals surface area contributed by atoms with Crippen LogP contribution in [0.2, 0.25) is 0 Å². The van der Waals surface area contributed by atoms with Crippen LogP contribution in [0.25, 0.3) is 22.4 Å². The van der Waals surface area contributed by atoms with Crippen LogP contribution in [0.3, 0.4) is 0 Å². The Morgan fingerprint density at radius 3 is 2.67 bits per heavy atom. The minimum Gasteiger partial charge on any atom is -0.399 e. The highest BCUT2D eigenvalue weighted by atomic mass is 19.1. The Labute approximate surface area is 121 Å². The molecule has 108 valence electrons. The molecule has 0 unspecified atom stereocenters. The third kappa shape index (κ3) is 2.35. The van der Waals surface area contributed by atoms with Gasteiger partial charge in [-0.1, -0.05) is 6.92 Å². The molecule has 0 aliphatic carbocycles. The van der Waals surface area contributed by atoms with Gasteiger partial charge in [-0.3, -0.25) is 0 Å². The van der Waals surface area contributed by atoms with Gasteiger partial charge in [0.05, 0.1) is 16.6 Å². The minimum absolute atomic E-state index is 0.354. The van der Waals surface area contributed by atoms with Crippen molar-refractivity contribution >= 4 is 16.7 Å². The van der Waals surface area contributed by atoms with E-state index >= 15 is 0 Å². The van der Waals surface area contributed by atoms with Crippen LogP contribution in [0.5, 0.6) is 0 Å². The van der Waals surface area contributed by atoms with Crippen LogP contribution in [-0.4, -0.2) is 9.55 Å². The number of halogens is 2. The molecule has 0 saturated heterocycles. The predicted molar refractivity (Wildman–Crippen MR) is 79.8 cm³/mol. The summed E-state index contributed by atoms with van der Waals surface area (Å²) < 4.78 is 29.4. The van der Waals surface area contributed by atoms with E-state index < -0.39 is 5.82 Å². The van der Waals surface area contributed by atoms with Gasteiger partial charge in [0.1, 0.15) is 17.5 Å². The van der Waals surface area contributed by atoms with Gasteiger partial charge in [-0.05, 0) is 36.8 Å². The maximum absolute atomic E-state index is 14.2. The van der Waals surface area contributed by atoms with Crippen LogP contribution >= 0.6 is 0 Å². The van der Waals surface area contributed by atoms with Crippen LogP contribution in [0.15, 0.2) is 36.4 Å². The van der Waals surface area contributed by atoms with Gasteiger partial charge in [0.2, 0.25) is 0 Å². The topological polar surface area (TPSA) is 43.8 Å². The smallest absolute Gasteiger partial charge is 0.144 e. The third-order valence-corrected chi connectivity index (χ3v) is 3.39. The Kier molecular flexibility index (Phi) is 3.33. The van der Waals surface area contributed by atoms with E-state index in [2.05, 4.69) is 4.98 Å². The Morgan fingerprint density at radius 2 is 1.95 bits per heavy atom. The number of imidazole rings is 1. The van der Waals surface area contributed by atoms with Crippen LogP contribution in [0.1, 0.15) is 13.3 Å². The molecule has 3 aromatic rings. The Morgan fingerprint density at radius 1 is 1.14 bits per heavy atom. The standard InChI is InChI=1S/C16H15F2N3/c1-2-7-21-15-6-3-10(17)8-14(15)20-16(21)12-5-4-11(19)9-13(12)18/h3-6,8-9H,2,7,19H2,1H3. The number of anilines is 1. The lowest BCUT2D eigenvalue weighted by Gasteiger charge is -2.09. The highest BCUT2D eigenvalue weighted by molar-refractivity contribution is 5.81. The average molecular weight is 287 g/mol. The molecule has 21 heavy (non-hydrogen) atoms. The summed E-state index contributed by atoms with van der Waals surface area (Å²) in [6.45, 7) is 2.71. The van der Waals surface area contributed by atoms with Gasteiger partial charge in [0, 0.05) is 18.3 Å². The van der Waals surface area contributed by atoms with E-state index in [1.807, 2.05) is 11.5 Å². The molecular weight excluding hydrogens is 272 g/mol. The van der Waals surface area contributed by atoms with Gasteiger partial charge in [-0.15, -0.1) is 0 Å². The molecule has 0 fully saturated rings. The number of aryl methyl sites for hydroxylation is 1. The van der Waals surface area contributed by atoms with Crippen LogP contribution in [-0.2, 0) is 6.54 Å². The molecule has 0 amide bonds. The Bertz CT molecular complexity index is 809. The van der Waals surface area contributed by atoms with Crippen molar-refractivity contribution in [2.24, 2.45) is 0 Å². The number of fused-ring (bicyclic) bond motifs is 1. The van der Waals surface area contributed by atoms with Gasteiger partial charge in [-0.25, -0.2) is 13.8 Å². The molecule has 0 spiro atoms. The Balaban J connectivity index is 2.27. The maximum atomic E-state index is 14.2. The second-order valence-electron chi connectivity index (χ2n) is 4.96. The molecule has 3 rings (SSSR count). The molecular formula is C16H15F2N3. The fourth-order valence-electron chi connectivity index (χ4n) is 2.47. The molecule has 0 saturated carbocycles. The monoisotopic (exact) mass is 287 g/mol. The van der Waals surface area contributed by atoms with Crippen LogP contribution in [0, 0.1) is 11.6 Å². The van der Waals surface area contributed by atoms with Crippen molar-refractivity contribution in [1.29, 1.82) is 0 Å². The molecule has 0 bridgehead atoms. The third-order valence-electron chi connectivity index (χ3n) is 3.39. The number of nitrogen functional groups attached to an aromatic ring is 1. The predicted octanol–water partition coefficient (Wildman–Crippen LogP) is 3.97. The molecule has 3 nitrogen and oxygen atoms in total. The fourth-order valence-corrected chi connectivity index (χ4v) is 2.47. The second kappa shape index (κ2) is 5.16. The Hall–Kier alpha value is -2.43. The zero-order chi connectivity index (χ0) is 15.0. The van der Waals surface area contributed by atoms with Crippen molar-refractivity contribution in [1.82, 2.24) is 9.55 Å². The number of hydrogen-bond acceptors (Lipinski definition) is 2. The zero-order valence-corrected chi connectivity index (χ0v) is 11.6. The first kappa shape index (κ1) is 13.5. The van der Waals surface area contributed by atoms with Crippen molar-refractivity contribution in [3.63, 3.8) is 0 Å². The first-order chi connectivity index (χ1) is 10.1. The molecule has 1 aromatic heterocycles. The van der Waals surface area contributed by atoms with E-state index in [1.54, 1.807) is 18.2 Å². The average Bonchev–Trinajstić information content (AvgIpc) is 2.77. The largest absolute Gasteiger partial charge is 0.399 e. The summed E-state index contributed by atoms with van der Waals surface area (Å²) in [5.74, 6) is -0.286. The van der Waals surface area contributed by atoms with Gasteiger partial charge in [-0.2, -0.15) is 0 Å². The number of aromatic nitrogens is 2. The lowest BCUT2D eigenvalue weighted by molar-refractivity contribution is 0.625. The molecule has 0 aliphatic rings. The van der Waals surface area contributed by atoms with Crippen molar-refractivity contribution in [3.8, 4) is 11.4 Å². The van der Waals surface area contributed by atoms with E-state index in [0.29, 0.717) is 29.1 Å². The van der Waals surface area contributed by atoms with E-state index in [0.717, 1.165) is 11.9 Å². The molecule has 0 aliphatic heterocycles. The number of rotatable bonds is 3. The van der Waals surface area contributed by atoms with Crippen molar-refractivity contribution in [2.75, 3.05) is 5.73 Å². The summed E-state index contributed by atoms with van der Waals surface area (Å²) in [7, 11) is 0. The van der Waals surface area contributed by atoms with Crippen molar-refractivity contribution in [3.05, 3.63) is 48.0 Å². The normalized spacial score (nSPS) is 11.2. The molecule has 0 radical (unpaired) electrons. The van der Waals surface area contributed by atoms with E-state index in [-0.39, 0.29) is 5.82 Å². The molecule has 2 aromatic carbocycles. The number of benzene rings is 2. The maximum Gasteiger partial charge on any atom is 0.144 e. The number of hydrogen-bond donors (Lipinski definition) is 1. The highest BCUT2D eigenvalue weighted by Gasteiger charge is 2.16. The summed E-state index contributed by atoms with van der Waals surface area (Å²) >= 11 is 0. The van der Waals surface area contributed by atoms with Gasteiger partial charge in [0.25, 0.3) is 0 Å². The number of nitrogens with two attached hydrogens (primary N) is 1. The summed E-state index contributed by atoms with van der Waals surface area (Å²) in [5.41, 5.74) is 7.63. The van der Waals surface area contributed by atoms with E-state index in [1.165, 1.54) is 18.2 Å². The molecule has 1 heterocycles. The summed E-state index contributed by atoms with van der Waals surface area (Å²) in [6, 6.07) is 8.93. The van der Waals surface area contributed by atoms with Crippen molar-refractivity contribution in [2.45, 2.75) is 19.9 Å². The lowest BCUT2D eigenvalue weighted by atomic mass is 10.2. The van der Waals surface area contributed by atoms with E-state index in [4.69, 9.17) is 5.73 Å². The fraction of sp³-hybridized carbons (Fsp3) is 0.188. The van der Waals surface area contributed by atoms with Gasteiger partial charge >= 0.3 is 0 Å². The summed E-state index contributed by atoms with van der Waals surface area (Å²) in [6.07, 6.45) is 0.867. The van der Waals surface area contributed by atoms with Crippen molar-refractivity contribution < 1.29 is 8.78 Å². The van der Waals surface area contributed by atoms with Gasteiger partial charge in [0.15, 0.2) is 0 Å². The minimum atomic E-state index is -0.428. The molecule has 2 N–H and O–H groups in total. The molecule has 5 heteroatoms. The van der Waals surface area contributed by atoms with Gasteiger partial charge < -0.3 is 10.3 Å². The summed E-state index contributed by atoms with van der Waals surface area (Å²) in [5, 5.41) is 0.